The highest BCUT2D eigenvalue weighted by Gasteiger charge is 2.24. The van der Waals surface area contributed by atoms with Crippen molar-refractivity contribution in [1.29, 1.82) is 0 Å². The predicted molar refractivity (Wildman–Crippen MR) is 73.5 cm³/mol. The molecule has 1 amide bonds. The van der Waals surface area contributed by atoms with E-state index in [2.05, 4.69) is 10.3 Å². The van der Waals surface area contributed by atoms with Crippen LogP contribution in [0.15, 0.2) is 48.8 Å². The molecule has 1 atom stereocenters. The Labute approximate surface area is 120 Å². The van der Waals surface area contributed by atoms with Gasteiger partial charge in [-0.1, -0.05) is 29.8 Å². The average molecular weight is 291 g/mol. The Hall–Kier alpha value is -2.40. The molecule has 102 valence electrons. The van der Waals surface area contributed by atoms with Crippen LogP contribution in [-0.2, 0) is 4.79 Å². The lowest BCUT2D eigenvalue weighted by Gasteiger charge is -2.16. The topological polar surface area (TPSA) is 79.3 Å². The van der Waals surface area contributed by atoms with E-state index in [0.29, 0.717) is 11.1 Å². The fourth-order valence-electron chi connectivity index (χ4n) is 1.70. The maximum atomic E-state index is 12.0. The van der Waals surface area contributed by atoms with E-state index in [0.717, 1.165) is 0 Å². The van der Waals surface area contributed by atoms with Gasteiger partial charge in [0, 0.05) is 28.5 Å². The molecule has 1 heterocycles. The second kappa shape index (κ2) is 6.16. The summed E-state index contributed by atoms with van der Waals surface area (Å²) in [5.41, 5.74) is 0.669. The van der Waals surface area contributed by atoms with Gasteiger partial charge in [0.2, 0.25) is 0 Å². The minimum absolute atomic E-state index is 0.287. The zero-order chi connectivity index (χ0) is 14.5. The molecule has 0 bridgehead atoms. The van der Waals surface area contributed by atoms with Crippen molar-refractivity contribution < 1.29 is 14.7 Å². The smallest absolute Gasteiger partial charge is 0.330 e. The predicted octanol–water partition coefficient (Wildman–Crippen LogP) is 2.29. The van der Waals surface area contributed by atoms with Crippen LogP contribution in [0, 0.1) is 0 Å². The summed E-state index contributed by atoms with van der Waals surface area (Å²) in [7, 11) is 0. The van der Waals surface area contributed by atoms with Crippen LogP contribution in [0.3, 0.4) is 0 Å². The van der Waals surface area contributed by atoms with Crippen LogP contribution in [0.1, 0.15) is 22.0 Å². The second-order valence-corrected chi connectivity index (χ2v) is 4.41. The number of nitrogens with zero attached hydrogens (tertiary/aromatic N) is 1. The largest absolute Gasteiger partial charge is 0.479 e. The standard InChI is InChI=1S/C14H11ClN2O3/c15-11-4-2-1-3-10(11)12(14(19)20)17-13(18)9-5-7-16-8-6-9/h1-8,12H,(H,17,18)(H,19,20)/t12-/m1/s1. The highest BCUT2D eigenvalue weighted by atomic mass is 35.5. The van der Waals surface area contributed by atoms with Crippen molar-refractivity contribution in [3.63, 3.8) is 0 Å². The van der Waals surface area contributed by atoms with Gasteiger partial charge in [0.1, 0.15) is 0 Å². The lowest BCUT2D eigenvalue weighted by Crippen LogP contribution is -2.33. The Morgan fingerprint density at radius 2 is 1.80 bits per heavy atom. The summed E-state index contributed by atoms with van der Waals surface area (Å²) in [4.78, 5) is 27.1. The first-order valence-electron chi connectivity index (χ1n) is 5.77. The number of aromatic nitrogens is 1. The number of halogens is 1. The first-order chi connectivity index (χ1) is 9.59. The summed E-state index contributed by atoms with van der Waals surface area (Å²) in [5.74, 6) is -1.68. The zero-order valence-corrected chi connectivity index (χ0v) is 11.0. The van der Waals surface area contributed by atoms with E-state index in [1.807, 2.05) is 0 Å². The minimum Gasteiger partial charge on any atom is -0.479 e. The lowest BCUT2D eigenvalue weighted by molar-refractivity contribution is -0.139. The molecule has 1 aromatic heterocycles. The molecule has 0 aliphatic heterocycles. The summed E-state index contributed by atoms with van der Waals surface area (Å²) in [6.45, 7) is 0. The number of amides is 1. The average Bonchev–Trinajstić information content (AvgIpc) is 2.46. The van der Waals surface area contributed by atoms with Crippen molar-refractivity contribution in [1.82, 2.24) is 10.3 Å². The number of aliphatic carboxylic acids is 1. The number of rotatable bonds is 4. The number of carboxylic acid groups (broad SMARTS) is 1. The molecular weight excluding hydrogens is 280 g/mol. The SMILES string of the molecule is O=C(N[C@@H](C(=O)O)c1ccccc1Cl)c1ccncc1. The molecule has 2 aromatic rings. The van der Waals surface area contributed by atoms with Gasteiger partial charge < -0.3 is 10.4 Å². The van der Waals surface area contributed by atoms with Crippen LogP contribution in [0.25, 0.3) is 0 Å². The fourth-order valence-corrected chi connectivity index (χ4v) is 1.94. The third-order valence-electron chi connectivity index (χ3n) is 2.68. The van der Waals surface area contributed by atoms with Gasteiger partial charge in [-0.15, -0.1) is 0 Å². The van der Waals surface area contributed by atoms with Gasteiger partial charge in [-0.25, -0.2) is 4.79 Å². The quantitative estimate of drug-likeness (QED) is 0.905. The van der Waals surface area contributed by atoms with Crippen LogP contribution in [-0.4, -0.2) is 22.0 Å². The van der Waals surface area contributed by atoms with Gasteiger partial charge in [0.25, 0.3) is 5.91 Å². The molecule has 0 saturated heterocycles. The number of hydrogen-bond acceptors (Lipinski definition) is 3. The Bertz CT molecular complexity index is 631. The molecular formula is C14H11ClN2O3. The summed E-state index contributed by atoms with van der Waals surface area (Å²) in [6.07, 6.45) is 2.92. The molecule has 0 aliphatic carbocycles. The van der Waals surface area contributed by atoms with Gasteiger partial charge in [-0.3, -0.25) is 9.78 Å². The van der Waals surface area contributed by atoms with Crippen molar-refractivity contribution in [2.24, 2.45) is 0 Å². The zero-order valence-electron chi connectivity index (χ0n) is 10.3. The van der Waals surface area contributed by atoms with E-state index in [-0.39, 0.29) is 5.02 Å². The molecule has 0 fully saturated rings. The van der Waals surface area contributed by atoms with E-state index >= 15 is 0 Å². The molecule has 0 aliphatic rings. The number of benzene rings is 1. The van der Waals surface area contributed by atoms with Gasteiger partial charge in [-0.2, -0.15) is 0 Å². The highest BCUT2D eigenvalue weighted by molar-refractivity contribution is 6.31. The van der Waals surface area contributed by atoms with Crippen molar-refractivity contribution in [3.8, 4) is 0 Å². The maximum absolute atomic E-state index is 12.0. The van der Waals surface area contributed by atoms with Crippen LogP contribution in [0.4, 0.5) is 0 Å². The van der Waals surface area contributed by atoms with E-state index in [1.165, 1.54) is 24.5 Å². The number of carboxylic acids is 1. The molecule has 6 heteroatoms. The number of carbonyl (C=O) groups excluding carboxylic acids is 1. The fraction of sp³-hybridized carbons (Fsp3) is 0.0714. The first kappa shape index (κ1) is 14.0. The Balaban J connectivity index is 2.26. The molecule has 0 saturated carbocycles. The minimum atomic E-state index is -1.20. The summed E-state index contributed by atoms with van der Waals surface area (Å²) in [5, 5.41) is 12.0. The van der Waals surface area contributed by atoms with E-state index in [1.54, 1.807) is 24.3 Å². The summed E-state index contributed by atoms with van der Waals surface area (Å²) < 4.78 is 0. The molecule has 2 N–H and O–H groups in total. The van der Waals surface area contributed by atoms with Crippen molar-refractivity contribution in [2.75, 3.05) is 0 Å². The van der Waals surface area contributed by atoms with Crippen molar-refractivity contribution in [3.05, 3.63) is 64.9 Å². The molecule has 0 spiro atoms. The number of pyridine rings is 1. The van der Waals surface area contributed by atoms with E-state index < -0.39 is 17.9 Å². The first-order valence-corrected chi connectivity index (χ1v) is 6.15. The van der Waals surface area contributed by atoms with Crippen LogP contribution in [0.5, 0.6) is 0 Å². The molecule has 0 radical (unpaired) electrons. The van der Waals surface area contributed by atoms with Crippen molar-refractivity contribution >= 4 is 23.5 Å². The molecule has 20 heavy (non-hydrogen) atoms. The van der Waals surface area contributed by atoms with Gasteiger partial charge in [0.15, 0.2) is 6.04 Å². The second-order valence-electron chi connectivity index (χ2n) is 4.00. The monoisotopic (exact) mass is 290 g/mol. The van der Waals surface area contributed by atoms with Crippen molar-refractivity contribution in [2.45, 2.75) is 6.04 Å². The molecule has 2 rings (SSSR count). The number of nitrogens with one attached hydrogen (secondary N) is 1. The summed E-state index contributed by atoms with van der Waals surface area (Å²) in [6, 6.07) is 8.29. The lowest BCUT2D eigenvalue weighted by atomic mass is 10.1. The number of hydrogen-bond donors (Lipinski definition) is 2. The maximum Gasteiger partial charge on any atom is 0.330 e. The van der Waals surface area contributed by atoms with Gasteiger partial charge in [0.05, 0.1) is 0 Å². The Morgan fingerprint density at radius 1 is 1.15 bits per heavy atom. The Kier molecular flexibility index (Phi) is 4.32. The highest BCUT2D eigenvalue weighted by Crippen LogP contribution is 2.23. The van der Waals surface area contributed by atoms with Crippen LogP contribution in [0.2, 0.25) is 5.02 Å². The van der Waals surface area contributed by atoms with Crippen LogP contribution < -0.4 is 5.32 Å². The van der Waals surface area contributed by atoms with Crippen LogP contribution >= 0.6 is 11.6 Å². The number of carbonyl (C=O) groups is 2. The molecule has 1 aromatic carbocycles. The van der Waals surface area contributed by atoms with Gasteiger partial charge in [-0.05, 0) is 18.2 Å². The normalized spacial score (nSPS) is 11.7. The molecule has 5 nitrogen and oxygen atoms in total. The Morgan fingerprint density at radius 3 is 2.40 bits per heavy atom. The summed E-state index contributed by atoms with van der Waals surface area (Å²) >= 11 is 5.97. The molecule has 0 unspecified atom stereocenters. The van der Waals surface area contributed by atoms with E-state index in [9.17, 15) is 14.7 Å². The third-order valence-corrected chi connectivity index (χ3v) is 3.03. The third kappa shape index (κ3) is 3.13. The van der Waals surface area contributed by atoms with E-state index in [4.69, 9.17) is 11.6 Å². The van der Waals surface area contributed by atoms with Gasteiger partial charge >= 0.3 is 5.97 Å².